The highest BCUT2D eigenvalue weighted by molar-refractivity contribution is 6.31. The highest BCUT2D eigenvalue weighted by Gasteiger charge is 2.25. The molecule has 0 aromatic heterocycles. The summed E-state index contributed by atoms with van der Waals surface area (Å²) < 4.78 is 5.59. The van der Waals surface area contributed by atoms with E-state index in [1.807, 2.05) is 12.1 Å². The maximum atomic E-state index is 10.1. The highest BCUT2D eigenvalue weighted by Crippen LogP contribution is 2.29. The van der Waals surface area contributed by atoms with Gasteiger partial charge in [0.15, 0.2) is 0 Å². The molecular weight excluding hydrogens is 290 g/mol. The molecule has 1 aliphatic rings. The summed E-state index contributed by atoms with van der Waals surface area (Å²) in [6.07, 6.45) is 3.16. The zero-order chi connectivity index (χ0) is 15.2. The van der Waals surface area contributed by atoms with Crippen LogP contribution in [0.5, 0.6) is 0 Å². The van der Waals surface area contributed by atoms with Crippen molar-refractivity contribution in [3.63, 3.8) is 0 Å². The van der Waals surface area contributed by atoms with Gasteiger partial charge < -0.3 is 14.9 Å². The molecule has 0 saturated heterocycles. The lowest BCUT2D eigenvalue weighted by Gasteiger charge is -2.29. The van der Waals surface area contributed by atoms with Gasteiger partial charge in [-0.05, 0) is 25.8 Å². The minimum atomic E-state index is -1.11. The van der Waals surface area contributed by atoms with Crippen LogP contribution >= 0.6 is 11.6 Å². The Bertz CT molecular complexity index is 435. The fourth-order valence-electron chi connectivity index (χ4n) is 2.80. The van der Waals surface area contributed by atoms with Crippen molar-refractivity contribution in [2.24, 2.45) is 0 Å². The summed E-state index contributed by atoms with van der Waals surface area (Å²) in [6.45, 7) is 1.63. The van der Waals surface area contributed by atoms with E-state index in [1.54, 1.807) is 19.1 Å². The minimum absolute atomic E-state index is 0.273. The summed E-state index contributed by atoms with van der Waals surface area (Å²) in [5.41, 5.74) is 0.679. The number of rotatable bonds is 6. The quantitative estimate of drug-likeness (QED) is 0.707. The molecule has 3 N–H and O–H groups in total. The predicted molar refractivity (Wildman–Crippen MR) is 83.0 cm³/mol. The normalized spacial score (nSPS) is 21.0. The first kappa shape index (κ1) is 16.7. The molecule has 3 unspecified atom stereocenters. The molecule has 21 heavy (non-hydrogen) atoms. The first-order chi connectivity index (χ1) is 10.1. The van der Waals surface area contributed by atoms with Crippen LogP contribution in [0.1, 0.15) is 50.7 Å². The van der Waals surface area contributed by atoms with Gasteiger partial charge in [0, 0.05) is 16.6 Å². The zero-order valence-corrected chi connectivity index (χ0v) is 13.1. The van der Waals surface area contributed by atoms with Crippen LogP contribution in [0.15, 0.2) is 24.3 Å². The molecule has 0 aliphatic heterocycles. The maximum Gasteiger partial charge on any atom is 0.214 e. The fraction of sp³-hybridized carbons (Fsp3) is 0.625. The molecule has 0 amide bonds. The topological polar surface area (TPSA) is 61.7 Å². The molecule has 4 nitrogen and oxygen atoms in total. The second-order valence-electron chi connectivity index (χ2n) is 5.67. The van der Waals surface area contributed by atoms with Crippen LogP contribution in [0.25, 0.3) is 0 Å². The molecule has 1 fully saturated rings. The Morgan fingerprint density at radius 2 is 1.86 bits per heavy atom. The van der Waals surface area contributed by atoms with E-state index in [0.717, 1.165) is 12.8 Å². The molecule has 1 saturated carbocycles. The van der Waals surface area contributed by atoms with Gasteiger partial charge >= 0.3 is 0 Å². The van der Waals surface area contributed by atoms with Gasteiger partial charge in [-0.3, -0.25) is 5.32 Å². The smallest absolute Gasteiger partial charge is 0.214 e. The Morgan fingerprint density at radius 3 is 2.48 bits per heavy atom. The number of aliphatic hydroxyl groups excluding tert-OH is 2. The molecule has 1 aromatic carbocycles. The van der Waals surface area contributed by atoms with Crippen LogP contribution < -0.4 is 5.32 Å². The standard InChI is InChI=1S/C16H24ClNO3/c1-11(19)15(13-9-5-6-10-14(13)17)21-16(20)18-12-7-3-2-4-8-12/h5-6,9-12,15-16,18-20H,2-4,7-8H2,1H3. The third kappa shape index (κ3) is 4.94. The number of hydrogen-bond donors (Lipinski definition) is 3. The van der Waals surface area contributed by atoms with Gasteiger partial charge in [0.2, 0.25) is 6.41 Å². The van der Waals surface area contributed by atoms with Crippen LogP contribution in [0.4, 0.5) is 0 Å². The first-order valence-corrected chi connectivity index (χ1v) is 7.98. The Kier molecular flexibility index (Phi) is 6.45. The molecule has 2 rings (SSSR count). The van der Waals surface area contributed by atoms with Crippen molar-refractivity contribution in [3.8, 4) is 0 Å². The highest BCUT2D eigenvalue weighted by atomic mass is 35.5. The average molecular weight is 314 g/mol. The van der Waals surface area contributed by atoms with E-state index in [9.17, 15) is 10.2 Å². The fourth-order valence-corrected chi connectivity index (χ4v) is 3.05. The molecule has 0 radical (unpaired) electrons. The van der Waals surface area contributed by atoms with E-state index in [4.69, 9.17) is 16.3 Å². The zero-order valence-electron chi connectivity index (χ0n) is 12.3. The first-order valence-electron chi connectivity index (χ1n) is 7.60. The van der Waals surface area contributed by atoms with Crippen molar-refractivity contribution < 1.29 is 14.9 Å². The van der Waals surface area contributed by atoms with Crippen LogP contribution in [-0.2, 0) is 4.74 Å². The van der Waals surface area contributed by atoms with Crippen molar-refractivity contribution in [3.05, 3.63) is 34.9 Å². The molecule has 118 valence electrons. The second kappa shape index (κ2) is 8.11. The molecule has 0 heterocycles. The second-order valence-corrected chi connectivity index (χ2v) is 6.08. The van der Waals surface area contributed by atoms with Gasteiger partial charge in [0.05, 0.1) is 6.10 Å². The van der Waals surface area contributed by atoms with E-state index in [2.05, 4.69) is 5.32 Å². The summed E-state index contributed by atoms with van der Waals surface area (Å²) in [4.78, 5) is 0. The lowest BCUT2D eigenvalue weighted by atomic mass is 9.96. The third-order valence-corrected chi connectivity index (χ3v) is 4.25. The number of benzene rings is 1. The minimum Gasteiger partial charge on any atom is -0.390 e. The third-order valence-electron chi connectivity index (χ3n) is 3.91. The van der Waals surface area contributed by atoms with Gasteiger partial charge in [-0.2, -0.15) is 0 Å². The van der Waals surface area contributed by atoms with E-state index >= 15 is 0 Å². The van der Waals surface area contributed by atoms with Gasteiger partial charge in [0.1, 0.15) is 6.10 Å². The molecule has 0 spiro atoms. The molecule has 3 atom stereocenters. The van der Waals surface area contributed by atoms with E-state index < -0.39 is 18.6 Å². The molecular formula is C16H24ClNO3. The summed E-state index contributed by atoms with van der Waals surface area (Å²) in [6, 6.07) is 7.47. The summed E-state index contributed by atoms with van der Waals surface area (Å²) >= 11 is 6.15. The summed E-state index contributed by atoms with van der Waals surface area (Å²) in [5.74, 6) is 0. The Morgan fingerprint density at radius 1 is 1.19 bits per heavy atom. The SMILES string of the molecule is CC(O)C(OC(O)NC1CCCCC1)c1ccccc1Cl. The van der Waals surface area contributed by atoms with Crippen LogP contribution in [-0.4, -0.2) is 28.8 Å². The largest absolute Gasteiger partial charge is 0.390 e. The monoisotopic (exact) mass is 313 g/mol. The van der Waals surface area contributed by atoms with E-state index in [0.29, 0.717) is 10.6 Å². The number of aliphatic hydroxyl groups is 2. The van der Waals surface area contributed by atoms with Crippen molar-refractivity contribution in [2.75, 3.05) is 0 Å². The molecule has 1 aliphatic carbocycles. The van der Waals surface area contributed by atoms with Crippen molar-refractivity contribution in [2.45, 2.75) is 63.7 Å². The number of ether oxygens (including phenoxy) is 1. The van der Waals surface area contributed by atoms with Gasteiger partial charge in [0.25, 0.3) is 0 Å². The number of hydrogen-bond acceptors (Lipinski definition) is 4. The maximum absolute atomic E-state index is 10.1. The lowest BCUT2D eigenvalue weighted by molar-refractivity contribution is -0.184. The average Bonchev–Trinajstić information content (AvgIpc) is 2.46. The number of nitrogens with one attached hydrogen (secondary N) is 1. The number of halogens is 1. The molecule has 5 heteroatoms. The molecule has 1 aromatic rings. The van der Waals surface area contributed by atoms with E-state index in [-0.39, 0.29) is 6.04 Å². The Balaban J connectivity index is 1.97. The van der Waals surface area contributed by atoms with Gasteiger partial charge in [-0.1, -0.05) is 49.1 Å². The summed E-state index contributed by atoms with van der Waals surface area (Å²) in [7, 11) is 0. The Labute approximate surface area is 131 Å². The van der Waals surface area contributed by atoms with Crippen LogP contribution in [0.2, 0.25) is 5.02 Å². The predicted octanol–water partition coefficient (Wildman–Crippen LogP) is 2.98. The van der Waals surface area contributed by atoms with Gasteiger partial charge in [-0.25, -0.2) is 0 Å². The summed E-state index contributed by atoms with van der Waals surface area (Å²) in [5, 5.41) is 23.6. The van der Waals surface area contributed by atoms with E-state index in [1.165, 1.54) is 19.3 Å². The van der Waals surface area contributed by atoms with Crippen LogP contribution in [0.3, 0.4) is 0 Å². The molecule has 0 bridgehead atoms. The van der Waals surface area contributed by atoms with Crippen molar-refractivity contribution in [1.82, 2.24) is 5.32 Å². The van der Waals surface area contributed by atoms with Crippen LogP contribution in [0, 0.1) is 0 Å². The van der Waals surface area contributed by atoms with Gasteiger partial charge in [-0.15, -0.1) is 0 Å². The lowest BCUT2D eigenvalue weighted by Crippen LogP contribution is -2.42. The Hall–Kier alpha value is -0.650. The van der Waals surface area contributed by atoms with Crippen molar-refractivity contribution in [1.29, 1.82) is 0 Å². The van der Waals surface area contributed by atoms with Crippen molar-refractivity contribution >= 4 is 11.6 Å².